The molecule has 0 saturated carbocycles. The highest BCUT2D eigenvalue weighted by atomic mass is 28.4. The van der Waals surface area contributed by atoms with Crippen molar-refractivity contribution in [3.8, 4) is 0 Å². The summed E-state index contributed by atoms with van der Waals surface area (Å²) < 4.78 is 6.57. The standard InChI is InChI=1S/C17H37NO2Si/c1-11-12-13-18-14(19)17(8,15(2,3)4)20-21(9,10)16(5,6)7/h11-13H2,1-10H3,(H,18,19). The van der Waals surface area contributed by atoms with Crippen molar-refractivity contribution in [2.75, 3.05) is 6.54 Å². The van der Waals surface area contributed by atoms with Gasteiger partial charge in [-0.2, -0.15) is 0 Å². The van der Waals surface area contributed by atoms with Crippen molar-refractivity contribution in [2.24, 2.45) is 5.41 Å². The first-order valence-corrected chi connectivity index (χ1v) is 11.1. The van der Waals surface area contributed by atoms with Gasteiger partial charge in [-0.25, -0.2) is 0 Å². The van der Waals surface area contributed by atoms with Gasteiger partial charge in [-0.1, -0.05) is 54.9 Å². The van der Waals surface area contributed by atoms with Crippen molar-refractivity contribution in [3.63, 3.8) is 0 Å². The van der Waals surface area contributed by atoms with Gasteiger partial charge in [-0.15, -0.1) is 0 Å². The molecule has 1 amide bonds. The lowest BCUT2D eigenvalue weighted by Gasteiger charge is -2.48. The van der Waals surface area contributed by atoms with E-state index in [0.29, 0.717) is 0 Å². The third kappa shape index (κ3) is 5.10. The summed E-state index contributed by atoms with van der Waals surface area (Å²) in [5, 5.41) is 3.15. The van der Waals surface area contributed by atoms with E-state index in [-0.39, 0.29) is 16.4 Å². The Balaban J connectivity index is 5.34. The molecule has 0 spiro atoms. The van der Waals surface area contributed by atoms with E-state index < -0.39 is 13.9 Å². The van der Waals surface area contributed by atoms with Gasteiger partial charge in [0.2, 0.25) is 0 Å². The van der Waals surface area contributed by atoms with Crippen LogP contribution in [0.2, 0.25) is 18.1 Å². The molecule has 1 N–H and O–H groups in total. The highest BCUT2D eigenvalue weighted by Crippen LogP contribution is 2.44. The van der Waals surface area contributed by atoms with Crippen LogP contribution in [0.4, 0.5) is 0 Å². The van der Waals surface area contributed by atoms with E-state index in [0.717, 1.165) is 19.4 Å². The fraction of sp³-hybridized carbons (Fsp3) is 0.941. The Kier molecular flexibility index (Phi) is 6.71. The average molecular weight is 316 g/mol. The zero-order valence-electron chi connectivity index (χ0n) is 15.9. The molecule has 126 valence electrons. The summed E-state index contributed by atoms with van der Waals surface area (Å²) in [6.07, 6.45) is 2.08. The minimum Gasteiger partial charge on any atom is -0.402 e. The van der Waals surface area contributed by atoms with Gasteiger partial charge in [0.15, 0.2) is 8.32 Å². The predicted molar refractivity (Wildman–Crippen MR) is 94.1 cm³/mol. The fourth-order valence-electron chi connectivity index (χ4n) is 1.75. The Hall–Kier alpha value is -0.353. The lowest BCUT2D eigenvalue weighted by molar-refractivity contribution is -0.146. The summed E-state index contributed by atoms with van der Waals surface area (Å²) >= 11 is 0. The van der Waals surface area contributed by atoms with Gasteiger partial charge in [0, 0.05) is 6.54 Å². The second-order valence-electron chi connectivity index (χ2n) is 8.76. The highest BCUT2D eigenvalue weighted by molar-refractivity contribution is 6.74. The van der Waals surface area contributed by atoms with E-state index in [9.17, 15) is 4.79 Å². The van der Waals surface area contributed by atoms with E-state index in [1.165, 1.54) is 0 Å². The predicted octanol–water partition coefficient (Wildman–Crippen LogP) is 4.73. The average Bonchev–Trinajstić information content (AvgIpc) is 2.25. The van der Waals surface area contributed by atoms with Gasteiger partial charge < -0.3 is 9.74 Å². The number of amides is 1. The van der Waals surface area contributed by atoms with Gasteiger partial charge in [-0.05, 0) is 36.9 Å². The lowest BCUT2D eigenvalue weighted by Crippen LogP contribution is -2.61. The summed E-state index contributed by atoms with van der Waals surface area (Å²) in [5.74, 6) is 0.0216. The maximum Gasteiger partial charge on any atom is 0.251 e. The number of nitrogens with one attached hydrogen (secondary N) is 1. The molecule has 0 bridgehead atoms. The van der Waals surface area contributed by atoms with Crippen LogP contribution in [0.3, 0.4) is 0 Å². The third-order valence-electron chi connectivity index (χ3n) is 4.95. The van der Waals surface area contributed by atoms with Crippen LogP contribution in [0.5, 0.6) is 0 Å². The van der Waals surface area contributed by atoms with Gasteiger partial charge in [0.25, 0.3) is 5.91 Å². The van der Waals surface area contributed by atoms with Crippen LogP contribution in [-0.4, -0.2) is 26.4 Å². The summed E-state index contributed by atoms with van der Waals surface area (Å²) in [6.45, 7) is 22.1. The van der Waals surface area contributed by atoms with Crippen molar-refractivity contribution in [1.82, 2.24) is 5.32 Å². The molecule has 0 aliphatic rings. The highest BCUT2D eigenvalue weighted by Gasteiger charge is 2.51. The molecular formula is C17H37NO2Si. The monoisotopic (exact) mass is 315 g/mol. The van der Waals surface area contributed by atoms with Crippen LogP contribution in [0.15, 0.2) is 0 Å². The molecular weight excluding hydrogens is 278 g/mol. The van der Waals surface area contributed by atoms with E-state index in [1.54, 1.807) is 0 Å². The zero-order valence-corrected chi connectivity index (χ0v) is 16.9. The Morgan fingerprint density at radius 2 is 1.52 bits per heavy atom. The number of hydrogen-bond donors (Lipinski definition) is 1. The molecule has 3 nitrogen and oxygen atoms in total. The van der Waals surface area contributed by atoms with Crippen molar-refractivity contribution < 1.29 is 9.22 Å². The van der Waals surface area contributed by atoms with Gasteiger partial charge in [0.1, 0.15) is 5.60 Å². The molecule has 0 fully saturated rings. The Labute approximate surface area is 133 Å². The molecule has 0 saturated heterocycles. The first kappa shape index (κ1) is 20.6. The van der Waals surface area contributed by atoms with E-state index in [4.69, 9.17) is 4.43 Å². The van der Waals surface area contributed by atoms with Crippen LogP contribution in [0, 0.1) is 5.41 Å². The Morgan fingerprint density at radius 3 is 1.86 bits per heavy atom. The van der Waals surface area contributed by atoms with Crippen molar-refractivity contribution in [3.05, 3.63) is 0 Å². The molecule has 4 heteroatoms. The van der Waals surface area contributed by atoms with Crippen LogP contribution in [0.25, 0.3) is 0 Å². The number of rotatable bonds is 6. The molecule has 0 aromatic rings. The minimum atomic E-state index is -2.02. The molecule has 0 rings (SSSR count). The normalized spacial score (nSPS) is 16.5. The Bertz CT molecular complexity index is 353. The molecule has 1 unspecified atom stereocenters. The number of carbonyl (C=O) groups is 1. The second-order valence-corrected chi connectivity index (χ2v) is 13.5. The van der Waals surface area contributed by atoms with Crippen LogP contribution >= 0.6 is 0 Å². The number of carbonyl (C=O) groups excluding carboxylic acids is 1. The summed E-state index contributed by atoms with van der Waals surface area (Å²) in [7, 11) is -2.02. The van der Waals surface area contributed by atoms with E-state index in [2.05, 4.69) is 66.9 Å². The minimum absolute atomic E-state index is 0.0216. The quantitative estimate of drug-likeness (QED) is 0.568. The molecule has 0 heterocycles. The van der Waals surface area contributed by atoms with Gasteiger partial charge in [-0.3, -0.25) is 4.79 Å². The third-order valence-corrected chi connectivity index (χ3v) is 9.48. The van der Waals surface area contributed by atoms with Crippen molar-refractivity contribution >= 4 is 14.2 Å². The molecule has 0 aromatic carbocycles. The largest absolute Gasteiger partial charge is 0.402 e. The summed E-state index contributed by atoms with van der Waals surface area (Å²) in [5.41, 5.74) is -1.05. The van der Waals surface area contributed by atoms with E-state index in [1.807, 2.05) is 6.92 Å². The number of hydrogen-bond acceptors (Lipinski definition) is 2. The van der Waals surface area contributed by atoms with Gasteiger partial charge in [0.05, 0.1) is 0 Å². The van der Waals surface area contributed by atoms with Crippen molar-refractivity contribution in [2.45, 2.75) is 92.0 Å². The first-order valence-electron chi connectivity index (χ1n) is 8.17. The van der Waals surface area contributed by atoms with E-state index >= 15 is 0 Å². The van der Waals surface area contributed by atoms with Crippen LogP contribution in [-0.2, 0) is 9.22 Å². The molecule has 0 radical (unpaired) electrons. The molecule has 0 aromatic heterocycles. The molecule has 21 heavy (non-hydrogen) atoms. The molecule has 1 atom stereocenters. The van der Waals surface area contributed by atoms with Gasteiger partial charge >= 0.3 is 0 Å². The topological polar surface area (TPSA) is 38.3 Å². The molecule has 0 aliphatic heterocycles. The van der Waals surface area contributed by atoms with Crippen LogP contribution < -0.4 is 5.32 Å². The zero-order chi connectivity index (χ0) is 17.1. The fourth-order valence-corrected chi connectivity index (χ4v) is 3.48. The summed E-state index contributed by atoms with van der Waals surface area (Å²) in [4.78, 5) is 12.8. The Morgan fingerprint density at radius 1 is 1.05 bits per heavy atom. The van der Waals surface area contributed by atoms with Crippen LogP contribution in [0.1, 0.15) is 68.2 Å². The first-order chi connectivity index (χ1) is 9.19. The maximum absolute atomic E-state index is 12.8. The SMILES string of the molecule is CCCCNC(=O)C(C)(O[Si](C)(C)C(C)(C)C)C(C)(C)C. The van der Waals surface area contributed by atoms with Crippen molar-refractivity contribution in [1.29, 1.82) is 0 Å². The maximum atomic E-state index is 12.8. The lowest BCUT2D eigenvalue weighted by atomic mass is 9.77. The smallest absolute Gasteiger partial charge is 0.251 e. The summed E-state index contributed by atoms with van der Waals surface area (Å²) in [6, 6.07) is 0. The molecule has 0 aliphatic carbocycles. The second kappa shape index (κ2) is 6.82. The number of unbranched alkanes of at least 4 members (excludes halogenated alkanes) is 1.